The van der Waals surface area contributed by atoms with Gasteiger partial charge >= 0.3 is 5.69 Å². The maximum atomic E-state index is 11.0. The molecule has 2 rings (SSSR count). The monoisotopic (exact) mass is 265 g/mol. The Bertz CT molecular complexity index is 757. The van der Waals surface area contributed by atoms with Crippen molar-refractivity contribution in [3.05, 3.63) is 63.7 Å². The van der Waals surface area contributed by atoms with Gasteiger partial charge in [0.15, 0.2) is 0 Å². The van der Waals surface area contributed by atoms with Crippen LogP contribution in [-0.4, -0.2) is 4.92 Å². The third-order valence-corrected chi connectivity index (χ3v) is 2.48. The van der Waals surface area contributed by atoms with Crippen LogP contribution in [0, 0.1) is 32.8 Å². The Labute approximate surface area is 114 Å². The zero-order chi connectivity index (χ0) is 14.5. The first-order valence-electron chi connectivity index (χ1n) is 5.50. The fraction of sp³-hybridized carbons (Fsp3) is 0. The molecule has 0 atom stereocenters. The summed E-state index contributed by atoms with van der Waals surface area (Å²) < 4.78 is 5.41. The van der Waals surface area contributed by atoms with Gasteiger partial charge in [-0.3, -0.25) is 10.1 Å². The van der Waals surface area contributed by atoms with Gasteiger partial charge in [-0.2, -0.15) is 10.5 Å². The van der Waals surface area contributed by atoms with Crippen LogP contribution in [0.1, 0.15) is 11.1 Å². The molecule has 0 bridgehead atoms. The van der Waals surface area contributed by atoms with Gasteiger partial charge in [0.1, 0.15) is 5.75 Å². The standard InChI is InChI=1S/C14H7N3O3/c15-8-10-2-1-3-12(6-10)20-14-5-4-11(9-16)7-13(14)17(18)19/h1-7H. The average molecular weight is 265 g/mol. The van der Waals surface area contributed by atoms with Crippen molar-refractivity contribution in [2.24, 2.45) is 0 Å². The summed E-state index contributed by atoms with van der Waals surface area (Å²) in [6.07, 6.45) is 0. The van der Waals surface area contributed by atoms with Crippen molar-refractivity contribution in [1.82, 2.24) is 0 Å². The van der Waals surface area contributed by atoms with Crippen molar-refractivity contribution in [3.8, 4) is 23.6 Å². The number of nitro groups is 1. The van der Waals surface area contributed by atoms with E-state index in [9.17, 15) is 10.1 Å². The minimum atomic E-state index is -0.621. The first-order chi connectivity index (χ1) is 9.63. The van der Waals surface area contributed by atoms with E-state index in [0.29, 0.717) is 11.3 Å². The molecule has 6 nitrogen and oxygen atoms in total. The van der Waals surface area contributed by atoms with Crippen LogP contribution in [0.4, 0.5) is 5.69 Å². The minimum absolute atomic E-state index is 0.0177. The summed E-state index contributed by atoms with van der Waals surface area (Å²) in [6.45, 7) is 0. The van der Waals surface area contributed by atoms with Gasteiger partial charge in [0.25, 0.3) is 0 Å². The summed E-state index contributed by atoms with van der Waals surface area (Å²) in [4.78, 5) is 10.3. The van der Waals surface area contributed by atoms with Gasteiger partial charge in [0.05, 0.1) is 28.2 Å². The third-order valence-electron chi connectivity index (χ3n) is 2.48. The summed E-state index contributed by atoms with van der Waals surface area (Å²) in [5.41, 5.74) is 0.264. The van der Waals surface area contributed by atoms with E-state index in [1.165, 1.54) is 18.2 Å². The molecule has 0 unspecified atom stereocenters. The zero-order valence-electron chi connectivity index (χ0n) is 10.1. The molecule has 20 heavy (non-hydrogen) atoms. The van der Waals surface area contributed by atoms with Crippen LogP contribution in [0.5, 0.6) is 11.5 Å². The van der Waals surface area contributed by atoms with Gasteiger partial charge in [-0.05, 0) is 30.3 Å². The molecule has 0 aliphatic rings. The Balaban J connectivity index is 2.41. The van der Waals surface area contributed by atoms with Crippen molar-refractivity contribution < 1.29 is 9.66 Å². The molecule has 0 aromatic heterocycles. The fourth-order valence-corrected chi connectivity index (χ4v) is 1.57. The highest BCUT2D eigenvalue weighted by Crippen LogP contribution is 2.32. The summed E-state index contributed by atoms with van der Waals surface area (Å²) in [6, 6.07) is 14.0. The van der Waals surface area contributed by atoms with Gasteiger partial charge in [-0.1, -0.05) is 6.07 Å². The Morgan fingerprint density at radius 2 is 1.75 bits per heavy atom. The molecule has 0 N–H and O–H groups in total. The molecule has 0 aliphatic heterocycles. The van der Waals surface area contributed by atoms with E-state index in [4.69, 9.17) is 15.3 Å². The second-order valence-electron chi connectivity index (χ2n) is 3.79. The second-order valence-corrected chi connectivity index (χ2v) is 3.79. The van der Waals surface area contributed by atoms with Crippen molar-refractivity contribution in [2.75, 3.05) is 0 Å². The van der Waals surface area contributed by atoms with E-state index in [-0.39, 0.29) is 17.0 Å². The Morgan fingerprint density at radius 1 is 1.05 bits per heavy atom. The normalized spacial score (nSPS) is 9.30. The van der Waals surface area contributed by atoms with E-state index in [1.54, 1.807) is 18.2 Å². The van der Waals surface area contributed by atoms with Gasteiger partial charge in [-0.25, -0.2) is 0 Å². The Hall–Kier alpha value is -3.38. The van der Waals surface area contributed by atoms with Crippen LogP contribution in [-0.2, 0) is 0 Å². The van der Waals surface area contributed by atoms with Gasteiger partial charge in [0, 0.05) is 6.07 Å². The first-order valence-corrected chi connectivity index (χ1v) is 5.50. The van der Waals surface area contributed by atoms with E-state index in [1.807, 2.05) is 12.1 Å². The molecule has 0 saturated heterocycles. The molecular weight excluding hydrogens is 258 g/mol. The number of benzene rings is 2. The first kappa shape index (κ1) is 13.1. The Morgan fingerprint density at radius 3 is 2.40 bits per heavy atom. The van der Waals surface area contributed by atoms with Crippen molar-refractivity contribution in [3.63, 3.8) is 0 Å². The highest BCUT2D eigenvalue weighted by atomic mass is 16.6. The molecule has 0 heterocycles. The smallest absolute Gasteiger partial charge is 0.312 e. The van der Waals surface area contributed by atoms with Crippen molar-refractivity contribution in [1.29, 1.82) is 10.5 Å². The maximum Gasteiger partial charge on any atom is 0.312 e. The molecular formula is C14H7N3O3. The lowest BCUT2D eigenvalue weighted by Gasteiger charge is -2.06. The van der Waals surface area contributed by atoms with E-state index in [0.717, 1.165) is 6.07 Å². The number of ether oxygens (including phenoxy) is 1. The van der Waals surface area contributed by atoms with Gasteiger partial charge in [0.2, 0.25) is 5.75 Å². The van der Waals surface area contributed by atoms with Crippen LogP contribution in [0.3, 0.4) is 0 Å². The number of nitrogens with zero attached hydrogens (tertiary/aromatic N) is 3. The van der Waals surface area contributed by atoms with Gasteiger partial charge in [-0.15, -0.1) is 0 Å². The molecule has 2 aromatic carbocycles. The van der Waals surface area contributed by atoms with Crippen LogP contribution in [0.2, 0.25) is 0 Å². The number of hydrogen-bond acceptors (Lipinski definition) is 5. The lowest BCUT2D eigenvalue weighted by Crippen LogP contribution is -1.94. The van der Waals surface area contributed by atoms with E-state index < -0.39 is 4.92 Å². The number of nitro benzene ring substituents is 1. The largest absolute Gasteiger partial charge is 0.450 e. The Kier molecular flexibility index (Phi) is 3.60. The molecule has 96 valence electrons. The highest BCUT2D eigenvalue weighted by Gasteiger charge is 2.16. The number of nitriles is 2. The molecule has 0 saturated carbocycles. The maximum absolute atomic E-state index is 11.0. The summed E-state index contributed by atoms with van der Waals surface area (Å²) in [5, 5.41) is 28.5. The fourth-order valence-electron chi connectivity index (χ4n) is 1.57. The molecule has 0 aliphatic carbocycles. The van der Waals surface area contributed by atoms with Crippen molar-refractivity contribution >= 4 is 5.69 Å². The lowest BCUT2D eigenvalue weighted by atomic mass is 10.2. The predicted molar refractivity (Wildman–Crippen MR) is 69.0 cm³/mol. The predicted octanol–water partition coefficient (Wildman–Crippen LogP) is 3.13. The minimum Gasteiger partial charge on any atom is -0.450 e. The van der Waals surface area contributed by atoms with Crippen molar-refractivity contribution in [2.45, 2.75) is 0 Å². The van der Waals surface area contributed by atoms with E-state index in [2.05, 4.69) is 0 Å². The summed E-state index contributed by atoms with van der Waals surface area (Å²) in [5.74, 6) is 0.334. The average Bonchev–Trinajstić information content (AvgIpc) is 2.47. The molecule has 2 aromatic rings. The highest BCUT2D eigenvalue weighted by molar-refractivity contribution is 5.53. The van der Waals surface area contributed by atoms with Crippen LogP contribution in [0.25, 0.3) is 0 Å². The van der Waals surface area contributed by atoms with E-state index >= 15 is 0 Å². The zero-order valence-corrected chi connectivity index (χ0v) is 10.1. The molecule has 0 fully saturated rings. The SMILES string of the molecule is N#Cc1cccc(Oc2ccc(C#N)cc2[N+](=O)[O-])c1. The molecule has 0 amide bonds. The summed E-state index contributed by atoms with van der Waals surface area (Å²) in [7, 11) is 0. The molecule has 0 radical (unpaired) electrons. The second kappa shape index (κ2) is 5.51. The third kappa shape index (κ3) is 2.71. The quantitative estimate of drug-likeness (QED) is 0.626. The molecule has 0 spiro atoms. The topological polar surface area (TPSA) is 99.9 Å². The number of rotatable bonds is 3. The lowest BCUT2D eigenvalue weighted by molar-refractivity contribution is -0.385. The van der Waals surface area contributed by atoms with Crippen LogP contribution in [0.15, 0.2) is 42.5 Å². The summed E-state index contributed by atoms with van der Waals surface area (Å²) >= 11 is 0. The number of hydrogen-bond donors (Lipinski definition) is 0. The van der Waals surface area contributed by atoms with Crippen LogP contribution >= 0.6 is 0 Å². The molecule has 6 heteroatoms. The van der Waals surface area contributed by atoms with Crippen LogP contribution < -0.4 is 4.74 Å². The van der Waals surface area contributed by atoms with Gasteiger partial charge < -0.3 is 4.74 Å².